The van der Waals surface area contributed by atoms with Crippen LogP contribution >= 0.6 is 0 Å². The molecule has 1 amide bonds. The van der Waals surface area contributed by atoms with Gasteiger partial charge < -0.3 is 24.7 Å². The highest BCUT2D eigenvalue weighted by Gasteiger charge is 2.33. The van der Waals surface area contributed by atoms with Gasteiger partial charge in [0.2, 0.25) is 0 Å². The Bertz CT molecular complexity index is 1430. The molecule has 0 aliphatic carbocycles. The van der Waals surface area contributed by atoms with Crippen LogP contribution in [-0.4, -0.2) is 62.0 Å². The van der Waals surface area contributed by atoms with Crippen LogP contribution in [0.2, 0.25) is 0 Å². The Morgan fingerprint density at radius 1 is 1.00 bits per heavy atom. The van der Waals surface area contributed by atoms with Crippen molar-refractivity contribution in [2.24, 2.45) is 0 Å². The lowest BCUT2D eigenvalue weighted by Crippen LogP contribution is -2.46. The van der Waals surface area contributed by atoms with Gasteiger partial charge in [-0.3, -0.25) is 9.69 Å². The topological polar surface area (TPSA) is 69.8 Å². The number of hydrogen-bond acceptors (Lipinski definition) is 5. The Hall–Kier alpha value is -4.18. The van der Waals surface area contributed by atoms with Crippen LogP contribution in [-0.2, 0) is 6.42 Å². The first-order chi connectivity index (χ1) is 18.8. The predicted octanol–water partition coefficient (Wildman–Crippen LogP) is 5.69. The number of carbonyl (C=O) groups is 1. The van der Waals surface area contributed by atoms with Crippen molar-refractivity contribution >= 4 is 28.2 Å². The molecule has 3 aromatic carbocycles. The highest BCUT2D eigenvalue weighted by Crippen LogP contribution is 2.28. The number of nitrogens with zero attached hydrogens (tertiary/aromatic N) is 2. The molecule has 0 saturated carbocycles. The fourth-order valence-corrected chi connectivity index (χ4v) is 4.83. The zero-order valence-corrected chi connectivity index (χ0v) is 21.4. The van der Waals surface area contributed by atoms with Crippen molar-refractivity contribution in [3.05, 3.63) is 84.1 Å². The summed E-state index contributed by atoms with van der Waals surface area (Å²) < 4.78 is 47.5. The lowest BCUT2D eigenvalue weighted by Gasteiger charge is -2.36. The van der Waals surface area contributed by atoms with Gasteiger partial charge in [-0.15, -0.1) is 13.2 Å². The summed E-state index contributed by atoms with van der Waals surface area (Å²) in [6.45, 7) is 4.68. The standard InChI is InChI=1S/C29H29F3N4O3/c1-38-23-9-7-22(8-10-23)36-16-14-35(15-17-36)13-12-20-19-33-26-11-6-21(18-25(20)26)34-28(37)24-4-2-3-5-27(24)39-29(30,31)32/h2-11,18-19,33H,12-17H2,1H3,(H,34,37). The zero-order chi connectivity index (χ0) is 27.4. The minimum atomic E-state index is -4.89. The number of fused-ring (bicyclic) bond motifs is 1. The molecule has 10 heteroatoms. The van der Waals surface area contributed by atoms with Gasteiger partial charge in [0.05, 0.1) is 12.7 Å². The first kappa shape index (κ1) is 26.4. The highest BCUT2D eigenvalue weighted by molar-refractivity contribution is 6.07. The number of halogens is 3. The Balaban J connectivity index is 1.20. The zero-order valence-electron chi connectivity index (χ0n) is 21.4. The third-order valence-electron chi connectivity index (χ3n) is 6.89. The van der Waals surface area contributed by atoms with Crippen LogP contribution in [0.1, 0.15) is 15.9 Å². The van der Waals surface area contributed by atoms with Gasteiger partial charge in [-0.1, -0.05) is 12.1 Å². The molecular formula is C29H29F3N4O3. The molecule has 1 aliphatic rings. The first-order valence-corrected chi connectivity index (χ1v) is 12.7. The maximum absolute atomic E-state index is 12.8. The molecule has 39 heavy (non-hydrogen) atoms. The van der Waals surface area contributed by atoms with E-state index in [1.165, 1.54) is 23.9 Å². The molecule has 0 radical (unpaired) electrons. The molecule has 2 N–H and O–H groups in total. The van der Waals surface area contributed by atoms with Gasteiger partial charge in [0, 0.05) is 61.2 Å². The maximum Gasteiger partial charge on any atom is 0.573 e. The molecular weight excluding hydrogens is 509 g/mol. The summed E-state index contributed by atoms with van der Waals surface area (Å²) in [5.74, 6) is -0.377. The number of nitrogens with one attached hydrogen (secondary N) is 2. The van der Waals surface area contributed by atoms with E-state index >= 15 is 0 Å². The van der Waals surface area contributed by atoms with Crippen molar-refractivity contribution < 1.29 is 27.4 Å². The number of aromatic amines is 1. The molecule has 1 aliphatic heterocycles. The average Bonchev–Trinajstić information content (AvgIpc) is 3.34. The van der Waals surface area contributed by atoms with Gasteiger partial charge in [-0.2, -0.15) is 0 Å². The van der Waals surface area contributed by atoms with Crippen molar-refractivity contribution in [3.8, 4) is 11.5 Å². The number of piperazine rings is 1. The number of para-hydroxylation sites is 1. The molecule has 0 spiro atoms. The second kappa shape index (κ2) is 11.3. The van der Waals surface area contributed by atoms with E-state index < -0.39 is 18.0 Å². The van der Waals surface area contributed by atoms with E-state index in [1.54, 1.807) is 13.2 Å². The number of carbonyl (C=O) groups excluding carboxylic acids is 1. The largest absolute Gasteiger partial charge is 0.573 e. The SMILES string of the molecule is COc1ccc(N2CCN(CCc3c[nH]c4ccc(NC(=O)c5ccccc5OC(F)(F)F)cc34)CC2)cc1. The first-order valence-electron chi connectivity index (χ1n) is 12.7. The summed E-state index contributed by atoms with van der Waals surface area (Å²) >= 11 is 0. The summed E-state index contributed by atoms with van der Waals surface area (Å²) in [6.07, 6.45) is -2.10. The Labute approximate surface area is 224 Å². The van der Waals surface area contributed by atoms with Crippen LogP contribution in [0.25, 0.3) is 10.9 Å². The number of ether oxygens (including phenoxy) is 2. The fourth-order valence-electron chi connectivity index (χ4n) is 4.83. The van der Waals surface area contributed by atoms with Crippen LogP contribution in [0.3, 0.4) is 0 Å². The normalized spacial score (nSPS) is 14.4. The maximum atomic E-state index is 12.8. The molecule has 204 valence electrons. The smallest absolute Gasteiger partial charge is 0.497 e. The monoisotopic (exact) mass is 538 g/mol. The van der Waals surface area contributed by atoms with E-state index in [-0.39, 0.29) is 5.56 Å². The van der Waals surface area contributed by atoms with E-state index in [9.17, 15) is 18.0 Å². The second-order valence-electron chi connectivity index (χ2n) is 9.35. The molecule has 5 rings (SSSR count). The van der Waals surface area contributed by atoms with Crippen LogP contribution in [0.5, 0.6) is 11.5 Å². The lowest BCUT2D eigenvalue weighted by atomic mass is 10.1. The van der Waals surface area contributed by atoms with Gasteiger partial charge in [-0.25, -0.2) is 0 Å². The van der Waals surface area contributed by atoms with Crippen LogP contribution in [0.15, 0.2) is 72.9 Å². The van der Waals surface area contributed by atoms with Gasteiger partial charge in [0.1, 0.15) is 11.5 Å². The molecule has 0 atom stereocenters. The van der Waals surface area contributed by atoms with Crippen molar-refractivity contribution in [2.75, 3.05) is 50.1 Å². The quantitative estimate of drug-likeness (QED) is 0.302. The summed E-state index contributed by atoms with van der Waals surface area (Å²) in [4.78, 5) is 20.9. The van der Waals surface area contributed by atoms with Crippen molar-refractivity contribution in [2.45, 2.75) is 12.8 Å². The van der Waals surface area contributed by atoms with Crippen LogP contribution in [0, 0.1) is 0 Å². The summed E-state index contributed by atoms with van der Waals surface area (Å²) in [6, 6.07) is 18.8. The fraction of sp³-hybridized carbons (Fsp3) is 0.276. The third kappa shape index (κ3) is 6.46. The third-order valence-corrected chi connectivity index (χ3v) is 6.89. The summed E-state index contributed by atoms with van der Waals surface area (Å²) in [5, 5.41) is 3.67. The van der Waals surface area contributed by atoms with Crippen molar-refractivity contribution in [3.63, 3.8) is 0 Å². The van der Waals surface area contributed by atoms with Crippen molar-refractivity contribution in [1.29, 1.82) is 0 Å². The van der Waals surface area contributed by atoms with Gasteiger partial charge in [0.15, 0.2) is 0 Å². The minimum absolute atomic E-state index is 0.196. The highest BCUT2D eigenvalue weighted by atomic mass is 19.4. The molecule has 2 heterocycles. The Morgan fingerprint density at radius 2 is 1.74 bits per heavy atom. The van der Waals surface area contributed by atoms with Gasteiger partial charge >= 0.3 is 6.36 Å². The molecule has 0 unspecified atom stereocenters. The number of rotatable bonds is 8. The number of methoxy groups -OCH3 is 1. The average molecular weight is 539 g/mol. The van der Waals surface area contributed by atoms with Crippen LogP contribution in [0.4, 0.5) is 24.5 Å². The molecule has 7 nitrogen and oxygen atoms in total. The number of amides is 1. The molecule has 1 saturated heterocycles. The number of hydrogen-bond donors (Lipinski definition) is 2. The number of aromatic nitrogens is 1. The van der Waals surface area contributed by atoms with E-state index in [2.05, 4.69) is 37.0 Å². The van der Waals surface area contributed by atoms with Gasteiger partial charge in [-0.05, 0) is 66.6 Å². The second-order valence-corrected chi connectivity index (χ2v) is 9.35. The van der Waals surface area contributed by atoms with E-state index in [1.807, 2.05) is 30.5 Å². The molecule has 1 fully saturated rings. The predicted molar refractivity (Wildman–Crippen MR) is 145 cm³/mol. The molecule has 4 aromatic rings. The summed E-state index contributed by atoms with van der Waals surface area (Å²) in [5.41, 5.74) is 3.52. The number of H-pyrrole nitrogens is 1. The van der Waals surface area contributed by atoms with E-state index in [0.29, 0.717) is 5.69 Å². The molecule has 1 aromatic heterocycles. The number of alkyl halides is 3. The lowest BCUT2D eigenvalue weighted by molar-refractivity contribution is -0.274. The Kier molecular flexibility index (Phi) is 7.65. The van der Waals surface area contributed by atoms with E-state index in [0.717, 1.165) is 67.4 Å². The van der Waals surface area contributed by atoms with Crippen molar-refractivity contribution in [1.82, 2.24) is 9.88 Å². The number of anilines is 2. The van der Waals surface area contributed by atoms with E-state index in [4.69, 9.17) is 4.74 Å². The molecule has 0 bridgehead atoms. The minimum Gasteiger partial charge on any atom is -0.497 e. The summed E-state index contributed by atoms with van der Waals surface area (Å²) in [7, 11) is 1.66. The Morgan fingerprint density at radius 3 is 2.46 bits per heavy atom. The van der Waals surface area contributed by atoms with Crippen LogP contribution < -0.4 is 19.7 Å². The number of benzene rings is 3. The van der Waals surface area contributed by atoms with Gasteiger partial charge in [0.25, 0.3) is 5.91 Å².